The zero-order valence-corrected chi connectivity index (χ0v) is 10.1. The average molecular weight is 247 g/mol. The highest BCUT2D eigenvalue weighted by atomic mass is 19.1. The lowest BCUT2D eigenvalue weighted by molar-refractivity contribution is -0.120. The maximum atomic E-state index is 13.3. The number of imidazole rings is 1. The van der Waals surface area contributed by atoms with Crippen molar-refractivity contribution in [3.8, 4) is 0 Å². The first-order valence-corrected chi connectivity index (χ1v) is 5.63. The third kappa shape index (κ3) is 2.94. The Morgan fingerprint density at radius 3 is 2.89 bits per heavy atom. The van der Waals surface area contributed by atoms with E-state index in [1.807, 2.05) is 7.05 Å². The molecular formula is C13H14FN3O. The predicted octanol–water partition coefficient (Wildman–Crippen LogP) is 1.42. The second-order valence-electron chi connectivity index (χ2n) is 4.00. The van der Waals surface area contributed by atoms with Crippen LogP contribution in [0.25, 0.3) is 0 Å². The molecule has 0 aliphatic heterocycles. The Labute approximate surface area is 104 Å². The minimum absolute atomic E-state index is 0.174. The SMILES string of the molecule is Cn1ccnc1CC(=O)NCc1ccccc1F. The first-order chi connectivity index (χ1) is 8.66. The molecule has 0 radical (unpaired) electrons. The molecule has 2 aromatic rings. The Hall–Kier alpha value is -2.17. The highest BCUT2D eigenvalue weighted by molar-refractivity contribution is 5.77. The molecule has 0 unspecified atom stereocenters. The predicted molar refractivity (Wildman–Crippen MR) is 65.2 cm³/mol. The van der Waals surface area contributed by atoms with Gasteiger partial charge < -0.3 is 9.88 Å². The molecule has 0 spiro atoms. The molecule has 1 aromatic heterocycles. The number of benzene rings is 1. The zero-order valence-electron chi connectivity index (χ0n) is 10.1. The fourth-order valence-corrected chi connectivity index (χ4v) is 1.61. The van der Waals surface area contributed by atoms with Crippen LogP contribution in [0, 0.1) is 5.82 Å². The third-order valence-electron chi connectivity index (χ3n) is 2.67. The van der Waals surface area contributed by atoms with E-state index in [2.05, 4.69) is 10.3 Å². The molecule has 0 atom stereocenters. The Morgan fingerprint density at radius 1 is 1.44 bits per heavy atom. The number of nitrogens with one attached hydrogen (secondary N) is 1. The van der Waals surface area contributed by atoms with Gasteiger partial charge in [-0.25, -0.2) is 9.37 Å². The van der Waals surface area contributed by atoms with Crippen molar-refractivity contribution in [2.24, 2.45) is 7.05 Å². The van der Waals surface area contributed by atoms with Crippen molar-refractivity contribution in [3.05, 3.63) is 53.9 Å². The number of hydrogen-bond acceptors (Lipinski definition) is 2. The fraction of sp³-hybridized carbons (Fsp3) is 0.231. The van der Waals surface area contributed by atoms with Crippen molar-refractivity contribution in [3.63, 3.8) is 0 Å². The van der Waals surface area contributed by atoms with E-state index >= 15 is 0 Å². The van der Waals surface area contributed by atoms with E-state index in [1.165, 1.54) is 6.07 Å². The van der Waals surface area contributed by atoms with Crippen LogP contribution in [0.2, 0.25) is 0 Å². The van der Waals surface area contributed by atoms with Crippen LogP contribution < -0.4 is 5.32 Å². The summed E-state index contributed by atoms with van der Waals surface area (Å²) in [7, 11) is 1.83. The fourth-order valence-electron chi connectivity index (χ4n) is 1.61. The van der Waals surface area contributed by atoms with E-state index in [4.69, 9.17) is 0 Å². The monoisotopic (exact) mass is 247 g/mol. The molecule has 0 bridgehead atoms. The van der Waals surface area contributed by atoms with Gasteiger partial charge in [0.2, 0.25) is 5.91 Å². The van der Waals surface area contributed by atoms with Crippen molar-refractivity contribution >= 4 is 5.91 Å². The van der Waals surface area contributed by atoms with Gasteiger partial charge >= 0.3 is 0 Å². The Kier molecular flexibility index (Phi) is 3.72. The normalized spacial score (nSPS) is 10.3. The second kappa shape index (κ2) is 5.44. The summed E-state index contributed by atoms with van der Waals surface area (Å²) in [6.07, 6.45) is 3.61. The van der Waals surface area contributed by atoms with E-state index < -0.39 is 0 Å². The second-order valence-corrected chi connectivity index (χ2v) is 4.00. The first-order valence-electron chi connectivity index (χ1n) is 5.63. The molecule has 1 heterocycles. The van der Waals surface area contributed by atoms with Crippen molar-refractivity contribution in [2.45, 2.75) is 13.0 Å². The van der Waals surface area contributed by atoms with Crippen molar-refractivity contribution in [1.82, 2.24) is 14.9 Å². The molecule has 1 amide bonds. The summed E-state index contributed by atoms with van der Waals surface area (Å²) < 4.78 is 15.1. The molecule has 0 fully saturated rings. The van der Waals surface area contributed by atoms with Gasteiger partial charge in [-0.15, -0.1) is 0 Å². The number of carbonyl (C=O) groups is 1. The number of aromatic nitrogens is 2. The molecule has 5 heteroatoms. The summed E-state index contributed by atoms with van der Waals surface area (Å²) in [6.45, 7) is 0.190. The number of halogens is 1. The molecule has 0 aliphatic carbocycles. The van der Waals surface area contributed by atoms with Gasteiger partial charge in [-0.05, 0) is 6.07 Å². The average Bonchev–Trinajstić information content (AvgIpc) is 2.74. The van der Waals surface area contributed by atoms with Crippen molar-refractivity contribution < 1.29 is 9.18 Å². The summed E-state index contributed by atoms with van der Waals surface area (Å²) in [4.78, 5) is 15.7. The number of hydrogen-bond donors (Lipinski definition) is 1. The van der Waals surface area contributed by atoms with Gasteiger partial charge in [-0.1, -0.05) is 18.2 Å². The number of amides is 1. The molecular weight excluding hydrogens is 233 g/mol. The van der Waals surface area contributed by atoms with Gasteiger partial charge in [0.25, 0.3) is 0 Å². The van der Waals surface area contributed by atoms with Crippen LogP contribution in [0.5, 0.6) is 0 Å². The Balaban J connectivity index is 1.90. The van der Waals surface area contributed by atoms with Gasteiger partial charge in [0.05, 0.1) is 6.42 Å². The van der Waals surface area contributed by atoms with Crippen LogP contribution in [0.1, 0.15) is 11.4 Å². The van der Waals surface area contributed by atoms with Crippen LogP contribution in [0.4, 0.5) is 4.39 Å². The lowest BCUT2D eigenvalue weighted by Gasteiger charge is -2.06. The van der Waals surface area contributed by atoms with E-state index in [-0.39, 0.29) is 24.7 Å². The summed E-state index contributed by atoms with van der Waals surface area (Å²) in [5.74, 6) is 0.198. The smallest absolute Gasteiger partial charge is 0.227 e. The topological polar surface area (TPSA) is 46.9 Å². The summed E-state index contributed by atoms with van der Waals surface area (Å²) in [6, 6.07) is 6.38. The quantitative estimate of drug-likeness (QED) is 0.888. The van der Waals surface area contributed by atoms with E-state index in [9.17, 15) is 9.18 Å². The number of nitrogens with zero attached hydrogens (tertiary/aromatic N) is 2. The van der Waals surface area contributed by atoms with Crippen LogP contribution in [-0.2, 0) is 24.8 Å². The van der Waals surface area contributed by atoms with Crippen LogP contribution in [0.3, 0.4) is 0 Å². The molecule has 0 saturated carbocycles. The lowest BCUT2D eigenvalue weighted by atomic mass is 10.2. The molecule has 1 aromatic carbocycles. The minimum Gasteiger partial charge on any atom is -0.352 e. The van der Waals surface area contributed by atoms with Gasteiger partial charge in [-0.2, -0.15) is 0 Å². The summed E-state index contributed by atoms with van der Waals surface area (Å²) in [5.41, 5.74) is 0.477. The molecule has 2 rings (SSSR count). The van der Waals surface area contributed by atoms with E-state index in [0.29, 0.717) is 11.4 Å². The Bertz CT molecular complexity index is 551. The van der Waals surface area contributed by atoms with Crippen molar-refractivity contribution in [1.29, 1.82) is 0 Å². The van der Waals surface area contributed by atoms with Crippen molar-refractivity contribution in [2.75, 3.05) is 0 Å². The van der Waals surface area contributed by atoms with Crippen LogP contribution in [-0.4, -0.2) is 15.5 Å². The van der Waals surface area contributed by atoms with Gasteiger partial charge in [0, 0.05) is 31.5 Å². The third-order valence-corrected chi connectivity index (χ3v) is 2.67. The van der Waals surface area contributed by atoms with E-state index in [0.717, 1.165) is 0 Å². The standard InChI is InChI=1S/C13H14FN3O/c1-17-7-6-15-12(17)8-13(18)16-9-10-4-2-3-5-11(10)14/h2-7H,8-9H2,1H3,(H,16,18). The van der Waals surface area contributed by atoms with Crippen LogP contribution >= 0.6 is 0 Å². The number of carbonyl (C=O) groups excluding carboxylic acids is 1. The molecule has 0 aliphatic rings. The van der Waals surface area contributed by atoms with Crippen LogP contribution in [0.15, 0.2) is 36.7 Å². The Morgan fingerprint density at radius 2 is 2.22 bits per heavy atom. The number of aryl methyl sites for hydroxylation is 1. The molecule has 1 N–H and O–H groups in total. The minimum atomic E-state index is -0.310. The van der Waals surface area contributed by atoms with Gasteiger partial charge in [0.1, 0.15) is 11.6 Å². The molecule has 0 saturated heterocycles. The van der Waals surface area contributed by atoms with E-state index in [1.54, 1.807) is 35.2 Å². The lowest BCUT2D eigenvalue weighted by Crippen LogP contribution is -2.26. The van der Waals surface area contributed by atoms with Gasteiger partial charge in [0.15, 0.2) is 0 Å². The highest BCUT2D eigenvalue weighted by Gasteiger charge is 2.08. The molecule has 4 nitrogen and oxygen atoms in total. The summed E-state index contributed by atoms with van der Waals surface area (Å²) in [5, 5.41) is 2.67. The van der Waals surface area contributed by atoms with Gasteiger partial charge in [-0.3, -0.25) is 4.79 Å². The maximum Gasteiger partial charge on any atom is 0.227 e. The molecule has 94 valence electrons. The maximum absolute atomic E-state index is 13.3. The first kappa shape index (κ1) is 12.3. The molecule has 18 heavy (non-hydrogen) atoms. The largest absolute Gasteiger partial charge is 0.352 e. The number of rotatable bonds is 4. The zero-order chi connectivity index (χ0) is 13.0. The highest BCUT2D eigenvalue weighted by Crippen LogP contribution is 2.05. The summed E-state index contributed by atoms with van der Waals surface area (Å²) >= 11 is 0.